The van der Waals surface area contributed by atoms with Crippen molar-refractivity contribution in [2.75, 3.05) is 0 Å². The number of halogens is 7. The monoisotopic (exact) mass is 616 g/mol. The number of hydrogen-bond donors (Lipinski definition) is 1. The molecule has 3 aromatic carbocycles. The molecule has 42 heavy (non-hydrogen) atoms. The van der Waals surface area contributed by atoms with E-state index in [0.29, 0.717) is 18.6 Å². The molecule has 9 nitrogen and oxygen atoms in total. The largest absolute Gasteiger partial charge is 0.416 e. The Morgan fingerprint density at radius 3 is 2.00 bits per heavy atom. The summed E-state index contributed by atoms with van der Waals surface area (Å²) in [5.41, 5.74) is -1.40. The number of carbonyl (C=O) groups excluding carboxylic acids is 1. The molecule has 1 amide bonds. The number of hydrogen-bond acceptors (Lipinski definition) is 6. The Morgan fingerprint density at radius 1 is 0.881 bits per heavy atom. The number of alkyl halides is 6. The third-order valence-electron chi connectivity index (χ3n) is 6.30. The molecule has 2 atom stereocenters. The lowest BCUT2D eigenvalue weighted by Gasteiger charge is -2.21. The van der Waals surface area contributed by atoms with Gasteiger partial charge in [0.1, 0.15) is 11.7 Å². The minimum absolute atomic E-state index is 0.00171. The lowest BCUT2D eigenvalue weighted by Crippen LogP contribution is -2.68. The normalized spacial score (nSPS) is 16.8. The van der Waals surface area contributed by atoms with Crippen LogP contribution in [0.2, 0.25) is 0 Å². The van der Waals surface area contributed by atoms with Crippen molar-refractivity contribution < 1.29 is 64.6 Å². The number of amides is 1. The molecule has 1 aliphatic rings. The summed E-state index contributed by atoms with van der Waals surface area (Å²) in [6.45, 7) is 0. The van der Waals surface area contributed by atoms with Gasteiger partial charge in [-0.1, -0.05) is 47.1 Å². The van der Waals surface area contributed by atoms with Gasteiger partial charge in [0.2, 0.25) is 6.33 Å². The number of fused-ring (bicyclic) bond motifs is 1. The molecule has 5 rings (SSSR count). The molecule has 1 aromatic heterocycles. The Bertz CT molecular complexity index is 1520. The topological polar surface area (TPSA) is 143 Å². The van der Waals surface area contributed by atoms with Crippen molar-refractivity contribution in [3.8, 4) is 5.69 Å². The van der Waals surface area contributed by atoms with Gasteiger partial charge in [0.25, 0.3) is 12.2 Å². The Kier molecular flexibility index (Phi) is 8.61. The van der Waals surface area contributed by atoms with Crippen LogP contribution in [0.15, 0.2) is 85.5 Å². The highest BCUT2D eigenvalue weighted by atomic mass is 35.7. The first kappa shape index (κ1) is 30.9. The summed E-state index contributed by atoms with van der Waals surface area (Å²) in [7, 11) is -4.94. The summed E-state index contributed by atoms with van der Waals surface area (Å²) in [5.74, 6) is -1.04. The molecule has 1 N–H and O–H groups in total. The number of nitrogens with one attached hydrogen (secondary N) is 1. The van der Waals surface area contributed by atoms with Crippen LogP contribution < -0.4 is 28.5 Å². The molecule has 222 valence electrons. The maximum atomic E-state index is 13.3. The molecule has 0 radical (unpaired) electrons. The Balaban J connectivity index is 0.000000748. The Morgan fingerprint density at radius 2 is 1.43 bits per heavy atom. The number of benzene rings is 3. The molecule has 4 aromatic rings. The molecule has 0 spiro atoms. The first-order valence-electron chi connectivity index (χ1n) is 11.8. The van der Waals surface area contributed by atoms with Crippen LogP contribution in [-0.4, -0.2) is 15.7 Å². The number of carbonyl (C=O) groups is 1. The molecule has 1 unspecified atom stereocenters. The number of aromatic nitrogens is 3. The van der Waals surface area contributed by atoms with Crippen LogP contribution in [0.5, 0.6) is 0 Å². The molecule has 0 aliphatic heterocycles. The highest BCUT2D eigenvalue weighted by Crippen LogP contribution is 2.38. The molecule has 0 saturated carbocycles. The fraction of sp³-hybridized carbons (Fsp3) is 0.192. The summed E-state index contributed by atoms with van der Waals surface area (Å²) in [4.78, 5) is 13.1. The predicted octanol–water partition coefficient (Wildman–Crippen LogP) is 0.710. The van der Waals surface area contributed by atoms with Crippen LogP contribution in [0.4, 0.5) is 26.3 Å². The van der Waals surface area contributed by atoms with E-state index in [1.807, 2.05) is 42.5 Å². The van der Waals surface area contributed by atoms with Gasteiger partial charge in [-0.2, -0.15) is 26.3 Å². The van der Waals surface area contributed by atoms with Crippen LogP contribution in [0.3, 0.4) is 0 Å². The van der Waals surface area contributed by atoms with E-state index in [-0.39, 0.29) is 6.07 Å². The van der Waals surface area contributed by atoms with Crippen LogP contribution in [0.1, 0.15) is 44.7 Å². The van der Waals surface area contributed by atoms with Gasteiger partial charge in [-0.15, -0.1) is 10.2 Å². The summed E-state index contributed by atoms with van der Waals surface area (Å²) in [6, 6.07) is 16.2. The highest BCUT2D eigenvalue weighted by molar-refractivity contribution is 5.95. The van der Waals surface area contributed by atoms with Gasteiger partial charge < -0.3 is 5.32 Å². The van der Waals surface area contributed by atoms with E-state index in [4.69, 9.17) is 18.6 Å². The van der Waals surface area contributed by atoms with Crippen LogP contribution >= 0.6 is 0 Å². The fourth-order valence-corrected chi connectivity index (χ4v) is 4.52. The van der Waals surface area contributed by atoms with Gasteiger partial charge in [-0.05, 0) is 41.5 Å². The Labute approximate surface area is 235 Å². The number of nitrogens with zero attached hydrogens (tertiary/aromatic N) is 3. The van der Waals surface area contributed by atoms with Gasteiger partial charge in [0.15, 0.2) is 0 Å². The second-order valence-electron chi connectivity index (χ2n) is 9.07. The van der Waals surface area contributed by atoms with E-state index in [1.165, 1.54) is 0 Å². The smallest absolute Gasteiger partial charge is 0.342 e. The van der Waals surface area contributed by atoms with Crippen molar-refractivity contribution in [2.45, 2.75) is 30.9 Å². The van der Waals surface area contributed by atoms with E-state index < -0.39 is 57.3 Å². The van der Waals surface area contributed by atoms with E-state index in [9.17, 15) is 31.1 Å². The summed E-state index contributed by atoms with van der Waals surface area (Å²) >= 11 is 0. The van der Waals surface area contributed by atoms with E-state index in [1.54, 1.807) is 34.0 Å². The van der Waals surface area contributed by atoms with Crippen LogP contribution in [-0.2, 0) is 18.8 Å². The molecular formula is C26H19ClF6N4O5. The van der Waals surface area contributed by atoms with Crippen LogP contribution in [0, 0.1) is 10.2 Å². The van der Waals surface area contributed by atoms with Gasteiger partial charge in [-0.25, -0.2) is 23.2 Å². The zero-order chi connectivity index (χ0) is 30.9. The Hall–Kier alpha value is -4.02. The second kappa shape index (κ2) is 11.7. The van der Waals surface area contributed by atoms with Crippen molar-refractivity contribution in [1.29, 1.82) is 0 Å². The number of rotatable bonds is 4. The molecule has 16 heteroatoms. The first-order chi connectivity index (χ1) is 19.5. The average Bonchev–Trinajstić information content (AvgIpc) is 3.52. The molecule has 1 heterocycles. The highest BCUT2D eigenvalue weighted by Gasteiger charge is 2.40. The van der Waals surface area contributed by atoms with Crippen molar-refractivity contribution in [2.24, 2.45) is 0 Å². The zero-order valence-corrected chi connectivity index (χ0v) is 21.7. The molecule has 1 aliphatic carbocycles. The maximum absolute atomic E-state index is 13.3. The van der Waals surface area contributed by atoms with Crippen molar-refractivity contribution >= 4 is 5.91 Å². The average molecular weight is 617 g/mol. The van der Waals surface area contributed by atoms with E-state index in [0.717, 1.165) is 16.8 Å². The summed E-state index contributed by atoms with van der Waals surface area (Å²) in [5, 5.41) is 7.03. The standard InChI is InChI=1S/C26H18F6N4O.ClHO4/c27-25(28,29)18-10-17(11-19(13-18)26(30,31)32)24(37)34-23-21-9-5-4-6-16(21)12-22(23)35-14-33-36(15-35)20-7-2-1-3-8-20;2-1(3,4)5/h1-11,13-15,22-23H,12H2;(H,2,3,4,5)/t22?,23-;/m1./s1. The lowest BCUT2D eigenvalue weighted by molar-refractivity contribution is -2.00. The third-order valence-corrected chi connectivity index (χ3v) is 6.30. The van der Waals surface area contributed by atoms with Gasteiger partial charge in [-0.3, -0.25) is 4.79 Å². The SMILES string of the molecule is O=C(N[C@@H]1c2ccccc2CC1[n+]1cnn(-c2ccccc2)c1)c1cc(C(F)(F)F)cc(C(F)(F)F)c1.[O-][Cl+3]([O-])([O-])[O-]. The number of para-hydroxylation sites is 1. The molecular weight excluding hydrogens is 598 g/mol. The van der Waals surface area contributed by atoms with Gasteiger partial charge in [0, 0.05) is 17.1 Å². The molecule has 0 saturated heterocycles. The van der Waals surface area contributed by atoms with Gasteiger partial charge in [0.05, 0.1) is 17.2 Å². The van der Waals surface area contributed by atoms with Crippen molar-refractivity contribution in [1.82, 2.24) is 15.1 Å². The summed E-state index contributed by atoms with van der Waals surface area (Å²) < 4.78 is 117. The zero-order valence-electron chi connectivity index (χ0n) is 21.0. The molecule has 0 bridgehead atoms. The minimum atomic E-state index is -5.05. The molecule has 0 fully saturated rings. The van der Waals surface area contributed by atoms with Gasteiger partial charge >= 0.3 is 12.4 Å². The summed E-state index contributed by atoms with van der Waals surface area (Å²) in [6.07, 6.45) is -6.35. The van der Waals surface area contributed by atoms with E-state index >= 15 is 0 Å². The fourth-order valence-electron chi connectivity index (χ4n) is 4.52. The van der Waals surface area contributed by atoms with Crippen molar-refractivity contribution in [3.63, 3.8) is 0 Å². The maximum Gasteiger partial charge on any atom is 0.416 e. The lowest BCUT2D eigenvalue weighted by atomic mass is 10.0. The second-order valence-corrected chi connectivity index (χ2v) is 9.82. The van der Waals surface area contributed by atoms with Crippen molar-refractivity contribution in [3.05, 3.63) is 113 Å². The van der Waals surface area contributed by atoms with Crippen LogP contribution in [0.25, 0.3) is 5.69 Å². The first-order valence-corrected chi connectivity index (χ1v) is 13.0. The minimum Gasteiger partial charge on any atom is -0.342 e. The predicted molar refractivity (Wildman–Crippen MR) is 120 cm³/mol. The third kappa shape index (κ3) is 7.63. The quantitative estimate of drug-likeness (QED) is 0.264. The van der Waals surface area contributed by atoms with E-state index in [2.05, 4.69) is 10.4 Å².